The van der Waals surface area contributed by atoms with Crippen molar-refractivity contribution in [1.82, 2.24) is 10.2 Å². The third-order valence-electron chi connectivity index (χ3n) is 6.51. The van der Waals surface area contributed by atoms with Gasteiger partial charge in [-0.3, -0.25) is 4.79 Å². The lowest BCUT2D eigenvalue weighted by Gasteiger charge is -2.46. The fraction of sp³-hybridized carbons (Fsp3) is 0.545. The number of hydrogen-bond acceptors (Lipinski definition) is 6. The predicted octanol–water partition coefficient (Wildman–Crippen LogP) is 1.48. The third-order valence-corrected chi connectivity index (χ3v) is 8.02. The molecule has 4 rings (SSSR count). The van der Waals surface area contributed by atoms with Crippen molar-refractivity contribution in [3.05, 3.63) is 46.0 Å². The summed E-state index contributed by atoms with van der Waals surface area (Å²) in [5, 5.41) is 23.5. The van der Waals surface area contributed by atoms with E-state index in [1.165, 1.54) is 16.0 Å². The van der Waals surface area contributed by atoms with Gasteiger partial charge in [0.25, 0.3) is 0 Å². The van der Waals surface area contributed by atoms with Crippen LogP contribution in [0, 0.1) is 11.8 Å². The Morgan fingerprint density at radius 2 is 2.07 bits per heavy atom. The van der Waals surface area contributed by atoms with Crippen LogP contribution in [0.2, 0.25) is 0 Å². The van der Waals surface area contributed by atoms with Gasteiger partial charge in [0, 0.05) is 28.7 Å². The largest absolute Gasteiger partial charge is 0.477 e. The molecule has 3 aliphatic rings. The van der Waals surface area contributed by atoms with E-state index in [2.05, 4.69) is 29.6 Å². The lowest BCUT2D eigenvalue weighted by atomic mass is 9.79. The zero-order valence-corrected chi connectivity index (χ0v) is 18.1. The van der Waals surface area contributed by atoms with Gasteiger partial charge >= 0.3 is 5.97 Å². The summed E-state index contributed by atoms with van der Waals surface area (Å²) >= 11 is 1.58. The van der Waals surface area contributed by atoms with E-state index < -0.39 is 18.0 Å². The summed E-state index contributed by atoms with van der Waals surface area (Å²) in [5.41, 5.74) is 8.17. The number of fused-ring (bicyclic) bond motifs is 1. The molecule has 162 valence electrons. The van der Waals surface area contributed by atoms with Crippen LogP contribution in [0.4, 0.5) is 0 Å². The lowest BCUT2D eigenvalue weighted by Crippen LogP contribution is -2.63. The fourth-order valence-electron chi connectivity index (χ4n) is 4.99. The molecule has 2 fully saturated rings. The van der Waals surface area contributed by atoms with Crippen LogP contribution in [0.25, 0.3) is 0 Å². The predicted molar refractivity (Wildman–Crippen MR) is 116 cm³/mol. The summed E-state index contributed by atoms with van der Waals surface area (Å²) in [6, 6.07) is 8.46. The number of nitrogens with one attached hydrogen (secondary N) is 1. The van der Waals surface area contributed by atoms with Gasteiger partial charge in [-0.1, -0.05) is 31.2 Å². The molecule has 1 aromatic carbocycles. The van der Waals surface area contributed by atoms with Crippen LogP contribution in [0.15, 0.2) is 34.9 Å². The van der Waals surface area contributed by atoms with Gasteiger partial charge in [-0.05, 0) is 37.4 Å². The number of aliphatic carboxylic acids is 1. The van der Waals surface area contributed by atoms with Gasteiger partial charge < -0.3 is 26.2 Å². The number of thioether (sulfide) groups is 1. The number of carbonyl (C=O) groups excluding carboxylic acids is 1. The van der Waals surface area contributed by atoms with Crippen LogP contribution in [-0.2, 0) is 16.0 Å². The number of aliphatic hydroxyl groups excluding tert-OH is 1. The number of aliphatic hydroxyl groups is 1. The number of carbonyl (C=O) groups is 2. The van der Waals surface area contributed by atoms with Gasteiger partial charge in [-0.25, -0.2) is 4.79 Å². The normalized spacial score (nSPS) is 31.7. The van der Waals surface area contributed by atoms with Crippen molar-refractivity contribution in [3.8, 4) is 0 Å². The quantitative estimate of drug-likeness (QED) is 0.483. The summed E-state index contributed by atoms with van der Waals surface area (Å²) in [4.78, 5) is 26.6. The summed E-state index contributed by atoms with van der Waals surface area (Å²) in [6.07, 6.45) is 0.980. The smallest absolute Gasteiger partial charge is 0.353 e. The lowest BCUT2D eigenvalue weighted by molar-refractivity contribution is -0.163. The molecule has 0 bridgehead atoms. The molecular weight excluding hydrogens is 402 g/mol. The Morgan fingerprint density at radius 1 is 1.37 bits per heavy atom. The highest BCUT2D eigenvalue weighted by atomic mass is 32.2. The molecule has 5 N–H and O–H groups in total. The van der Waals surface area contributed by atoms with Crippen LogP contribution >= 0.6 is 11.8 Å². The summed E-state index contributed by atoms with van der Waals surface area (Å²) in [6.45, 7) is 4.98. The van der Waals surface area contributed by atoms with Gasteiger partial charge in [0.1, 0.15) is 5.70 Å². The Hall–Kier alpha value is -1.87. The van der Waals surface area contributed by atoms with E-state index in [0.717, 1.165) is 24.3 Å². The second-order valence-corrected chi connectivity index (χ2v) is 9.83. The summed E-state index contributed by atoms with van der Waals surface area (Å²) in [5.74, 6) is -1.96. The van der Waals surface area contributed by atoms with Gasteiger partial charge in [0.15, 0.2) is 0 Å². The minimum atomic E-state index is -1.07. The SMILES string of the molecule is CC(O)[C@H]1C(=O)N2C(C(=O)O)=C(S[C@@H]3CNC(c4ccc(CCN)cc4)C3)[C@H](C)[C@@H]12. The zero-order valence-electron chi connectivity index (χ0n) is 17.2. The van der Waals surface area contributed by atoms with E-state index in [1.807, 2.05) is 6.92 Å². The molecule has 0 aromatic heterocycles. The Balaban J connectivity index is 1.47. The first-order valence-electron chi connectivity index (χ1n) is 10.5. The Kier molecular flexibility index (Phi) is 5.94. The van der Waals surface area contributed by atoms with Gasteiger partial charge in [0.2, 0.25) is 5.91 Å². The van der Waals surface area contributed by atoms with E-state index in [1.54, 1.807) is 18.7 Å². The number of rotatable bonds is 7. The van der Waals surface area contributed by atoms with Crippen LogP contribution in [0.3, 0.4) is 0 Å². The van der Waals surface area contributed by atoms with Crippen molar-refractivity contribution in [2.45, 2.75) is 50.1 Å². The Morgan fingerprint density at radius 3 is 2.67 bits per heavy atom. The first-order valence-corrected chi connectivity index (χ1v) is 11.4. The zero-order chi connectivity index (χ0) is 21.6. The maximum Gasteiger partial charge on any atom is 0.353 e. The Labute approximate surface area is 180 Å². The monoisotopic (exact) mass is 431 g/mol. The molecule has 0 spiro atoms. The van der Waals surface area contributed by atoms with Crippen LogP contribution in [0.5, 0.6) is 0 Å². The standard InChI is InChI=1S/C22H29N3O4S/c1-11-18-17(12(2)26)21(27)25(18)19(22(28)29)20(11)30-15-9-16(24-10-15)14-5-3-13(4-6-14)7-8-23/h3-6,11-12,15-18,24,26H,7-10,23H2,1-2H3,(H,28,29)/t11-,12?,15+,16?,17-,18+/m1/s1. The molecule has 6 atom stereocenters. The van der Waals surface area contributed by atoms with E-state index in [-0.39, 0.29) is 34.9 Å². The molecule has 0 aliphatic carbocycles. The molecule has 1 amide bonds. The number of hydrogen-bond donors (Lipinski definition) is 4. The summed E-state index contributed by atoms with van der Waals surface area (Å²) in [7, 11) is 0. The van der Waals surface area contributed by atoms with E-state index in [0.29, 0.717) is 6.54 Å². The first-order chi connectivity index (χ1) is 14.3. The molecule has 8 heteroatoms. The second-order valence-electron chi connectivity index (χ2n) is 8.49. The third kappa shape index (κ3) is 3.56. The van der Waals surface area contributed by atoms with Crippen molar-refractivity contribution in [2.75, 3.05) is 13.1 Å². The number of carboxylic acid groups (broad SMARTS) is 1. The molecule has 0 radical (unpaired) electrons. The van der Waals surface area contributed by atoms with Crippen molar-refractivity contribution >= 4 is 23.6 Å². The topological polar surface area (TPSA) is 116 Å². The molecular formula is C22H29N3O4S. The number of amides is 1. The summed E-state index contributed by atoms with van der Waals surface area (Å²) < 4.78 is 0. The average molecular weight is 432 g/mol. The number of benzene rings is 1. The van der Waals surface area contributed by atoms with Crippen molar-refractivity contribution in [1.29, 1.82) is 0 Å². The number of carboxylic acids is 1. The minimum absolute atomic E-state index is 0.0898. The van der Waals surface area contributed by atoms with Gasteiger partial charge in [-0.2, -0.15) is 0 Å². The van der Waals surface area contributed by atoms with E-state index in [4.69, 9.17) is 5.73 Å². The molecule has 7 nitrogen and oxygen atoms in total. The molecule has 3 heterocycles. The highest BCUT2D eigenvalue weighted by Gasteiger charge is 2.60. The highest BCUT2D eigenvalue weighted by molar-refractivity contribution is 8.03. The van der Waals surface area contributed by atoms with Gasteiger partial charge in [0.05, 0.1) is 18.1 Å². The first kappa shape index (κ1) is 21.4. The van der Waals surface area contributed by atoms with Crippen molar-refractivity contribution in [3.63, 3.8) is 0 Å². The highest BCUT2D eigenvalue weighted by Crippen LogP contribution is 2.52. The second kappa shape index (κ2) is 8.34. The molecule has 1 aromatic rings. The average Bonchev–Trinajstić information content (AvgIpc) is 3.25. The van der Waals surface area contributed by atoms with Crippen LogP contribution < -0.4 is 11.1 Å². The number of nitrogens with zero attached hydrogens (tertiary/aromatic N) is 1. The maximum atomic E-state index is 12.5. The number of nitrogens with two attached hydrogens (primary N) is 1. The molecule has 2 unspecified atom stereocenters. The molecule has 3 aliphatic heterocycles. The molecule has 30 heavy (non-hydrogen) atoms. The minimum Gasteiger partial charge on any atom is -0.477 e. The Bertz CT molecular complexity index is 870. The van der Waals surface area contributed by atoms with E-state index in [9.17, 15) is 19.8 Å². The van der Waals surface area contributed by atoms with E-state index >= 15 is 0 Å². The van der Waals surface area contributed by atoms with Gasteiger partial charge in [-0.15, -0.1) is 11.8 Å². The fourth-order valence-corrected chi connectivity index (χ4v) is 6.47. The van der Waals surface area contributed by atoms with Crippen LogP contribution in [0.1, 0.15) is 37.4 Å². The maximum absolute atomic E-state index is 12.5. The van der Waals surface area contributed by atoms with Crippen LogP contribution in [-0.4, -0.2) is 57.5 Å². The number of β-lactam (4-membered cyclic amide) rings is 1. The molecule has 2 saturated heterocycles. The van der Waals surface area contributed by atoms with Crippen molar-refractivity contribution < 1.29 is 19.8 Å². The molecule has 0 saturated carbocycles. The van der Waals surface area contributed by atoms with Crippen molar-refractivity contribution in [2.24, 2.45) is 17.6 Å².